The summed E-state index contributed by atoms with van der Waals surface area (Å²) in [7, 11) is 0. The van der Waals surface area contributed by atoms with Gasteiger partial charge in [0.2, 0.25) is 5.91 Å². The number of anilines is 1. The van der Waals surface area contributed by atoms with Gasteiger partial charge in [0.1, 0.15) is 5.76 Å². The second kappa shape index (κ2) is 6.92. The summed E-state index contributed by atoms with van der Waals surface area (Å²) in [5, 5.41) is 3.92. The van der Waals surface area contributed by atoms with Crippen molar-refractivity contribution < 1.29 is 9.32 Å². The van der Waals surface area contributed by atoms with Crippen LogP contribution < -0.4 is 4.90 Å². The van der Waals surface area contributed by atoms with E-state index in [1.54, 1.807) is 11.0 Å². The van der Waals surface area contributed by atoms with Gasteiger partial charge in [-0.2, -0.15) is 0 Å². The molecule has 1 aromatic heterocycles. The predicted molar refractivity (Wildman–Crippen MR) is 89.0 cm³/mol. The number of hydrogen-bond acceptors (Lipinski definition) is 3. The number of carbonyl (C=O) groups is 1. The predicted octanol–water partition coefficient (Wildman–Crippen LogP) is 3.76. The fraction of sp³-hybridized carbons (Fsp3) is 0.158. The summed E-state index contributed by atoms with van der Waals surface area (Å²) < 4.78 is 5.05. The molecule has 1 heterocycles. The Morgan fingerprint density at radius 3 is 2.30 bits per heavy atom. The first-order valence-corrected chi connectivity index (χ1v) is 7.54. The van der Waals surface area contributed by atoms with Gasteiger partial charge in [-0.25, -0.2) is 0 Å². The van der Waals surface area contributed by atoms with Crippen LogP contribution in [-0.2, 0) is 17.8 Å². The average Bonchev–Trinajstić information content (AvgIpc) is 2.99. The van der Waals surface area contributed by atoms with Gasteiger partial charge in [0.25, 0.3) is 0 Å². The molecule has 23 heavy (non-hydrogen) atoms. The molecule has 0 saturated carbocycles. The summed E-state index contributed by atoms with van der Waals surface area (Å²) in [6.45, 7) is 2.35. The molecule has 0 saturated heterocycles. The van der Waals surface area contributed by atoms with Crippen LogP contribution in [0.2, 0.25) is 0 Å². The Kier molecular flexibility index (Phi) is 4.52. The number of nitrogens with zero attached hydrogens (tertiary/aromatic N) is 2. The minimum absolute atomic E-state index is 0.00615. The molecule has 0 aliphatic heterocycles. The second-order valence-corrected chi connectivity index (χ2v) is 5.41. The van der Waals surface area contributed by atoms with Crippen molar-refractivity contribution in [1.29, 1.82) is 0 Å². The van der Waals surface area contributed by atoms with Crippen molar-refractivity contribution in [3.8, 4) is 0 Å². The molecule has 2 aromatic carbocycles. The topological polar surface area (TPSA) is 46.3 Å². The van der Waals surface area contributed by atoms with Crippen LogP contribution in [0.25, 0.3) is 0 Å². The summed E-state index contributed by atoms with van der Waals surface area (Å²) in [4.78, 5) is 14.5. The van der Waals surface area contributed by atoms with Gasteiger partial charge in [0.15, 0.2) is 0 Å². The summed E-state index contributed by atoms with van der Waals surface area (Å²) in [5.41, 5.74) is 2.61. The molecule has 0 radical (unpaired) electrons. The van der Waals surface area contributed by atoms with E-state index in [1.165, 1.54) is 0 Å². The molecule has 3 aromatic rings. The zero-order valence-corrected chi connectivity index (χ0v) is 13.0. The summed E-state index contributed by atoms with van der Waals surface area (Å²) in [6, 6.07) is 21.4. The van der Waals surface area contributed by atoms with Crippen LogP contribution in [-0.4, -0.2) is 11.1 Å². The Bertz CT molecular complexity index is 766. The molecule has 0 fully saturated rings. The smallest absolute Gasteiger partial charge is 0.233 e. The van der Waals surface area contributed by atoms with E-state index >= 15 is 0 Å². The zero-order chi connectivity index (χ0) is 16.1. The van der Waals surface area contributed by atoms with Crippen molar-refractivity contribution in [2.75, 3.05) is 4.90 Å². The standard InChI is InChI=1S/C19H18N2O2/c1-15-12-17(20-23-15)13-19(22)21(18-10-6-3-7-11-18)14-16-8-4-2-5-9-16/h2-12H,13-14H2,1H3. The third kappa shape index (κ3) is 3.86. The highest BCUT2D eigenvalue weighted by atomic mass is 16.5. The maximum atomic E-state index is 12.8. The largest absolute Gasteiger partial charge is 0.361 e. The van der Waals surface area contributed by atoms with E-state index in [1.807, 2.05) is 67.6 Å². The molecule has 1 amide bonds. The van der Waals surface area contributed by atoms with E-state index in [-0.39, 0.29) is 12.3 Å². The van der Waals surface area contributed by atoms with Gasteiger partial charge in [0.05, 0.1) is 18.7 Å². The molecule has 3 rings (SSSR count). The van der Waals surface area contributed by atoms with Gasteiger partial charge in [-0.3, -0.25) is 4.79 Å². The Morgan fingerprint density at radius 2 is 1.70 bits per heavy atom. The maximum Gasteiger partial charge on any atom is 0.233 e. The molecular weight excluding hydrogens is 288 g/mol. The van der Waals surface area contributed by atoms with Crippen molar-refractivity contribution in [2.24, 2.45) is 0 Å². The lowest BCUT2D eigenvalue weighted by Crippen LogP contribution is -2.31. The highest BCUT2D eigenvalue weighted by Gasteiger charge is 2.18. The van der Waals surface area contributed by atoms with Crippen LogP contribution in [0, 0.1) is 6.92 Å². The first-order chi connectivity index (χ1) is 11.2. The quantitative estimate of drug-likeness (QED) is 0.721. The third-order valence-electron chi connectivity index (χ3n) is 3.56. The van der Waals surface area contributed by atoms with Gasteiger partial charge in [0, 0.05) is 11.8 Å². The van der Waals surface area contributed by atoms with Gasteiger partial charge >= 0.3 is 0 Å². The maximum absolute atomic E-state index is 12.8. The molecule has 4 nitrogen and oxygen atoms in total. The number of carbonyl (C=O) groups excluding carboxylic acids is 1. The van der Waals surface area contributed by atoms with E-state index in [0.29, 0.717) is 18.0 Å². The highest BCUT2D eigenvalue weighted by Crippen LogP contribution is 2.18. The van der Waals surface area contributed by atoms with E-state index in [4.69, 9.17) is 4.52 Å². The fourth-order valence-electron chi connectivity index (χ4n) is 2.45. The molecule has 0 N–H and O–H groups in total. The Hall–Kier alpha value is -2.88. The normalized spacial score (nSPS) is 10.5. The SMILES string of the molecule is Cc1cc(CC(=O)N(Cc2ccccc2)c2ccccc2)no1. The summed E-state index contributed by atoms with van der Waals surface area (Å²) >= 11 is 0. The minimum Gasteiger partial charge on any atom is -0.361 e. The number of aromatic nitrogens is 1. The zero-order valence-electron chi connectivity index (χ0n) is 13.0. The van der Waals surface area contributed by atoms with Crippen molar-refractivity contribution in [2.45, 2.75) is 19.9 Å². The molecule has 0 bridgehead atoms. The Labute approximate surface area is 135 Å². The van der Waals surface area contributed by atoms with Crippen molar-refractivity contribution >= 4 is 11.6 Å². The molecule has 0 unspecified atom stereocenters. The van der Waals surface area contributed by atoms with E-state index in [0.717, 1.165) is 11.3 Å². The number of hydrogen-bond donors (Lipinski definition) is 0. The molecule has 0 aliphatic carbocycles. The van der Waals surface area contributed by atoms with Crippen LogP contribution in [0.1, 0.15) is 17.0 Å². The highest BCUT2D eigenvalue weighted by molar-refractivity contribution is 5.94. The Balaban J connectivity index is 1.84. The lowest BCUT2D eigenvalue weighted by molar-refractivity contribution is -0.118. The van der Waals surface area contributed by atoms with Gasteiger partial charge in [-0.1, -0.05) is 53.7 Å². The second-order valence-electron chi connectivity index (χ2n) is 5.41. The molecule has 0 spiro atoms. The Morgan fingerprint density at radius 1 is 1.04 bits per heavy atom. The lowest BCUT2D eigenvalue weighted by Gasteiger charge is -2.22. The first-order valence-electron chi connectivity index (χ1n) is 7.54. The fourth-order valence-corrected chi connectivity index (χ4v) is 2.45. The van der Waals surface area contributed by atoms with Crippen LogP contribution in [0.4, 0.5) is 5.69 Å². The molecule has 0 atom stereocenters. The molecule has 116 valence electrons. The lowest BCUT2D eigenvalue weighted by atomic mass is 10.1. The van der Waals surface area contributed by atoms with Crippen LogP contribution in [0.3, 0.4) is 0 Å². The third-order valence-corrected chi connectivity index (χ3v) is 3.56. The molecule has 0 aliphatic rings. The number of benzene rings is 2. The first kappa shape index (κ1) is 15.0. The van der Waals surface area contributed by atoms with Crippen LogP contribution in [0.5, 0.6) is 0 Å². The van der Waals surface area contributed by atoms with E-state index in [9.17, 15) is 4.79 Å². The molecule has 4 heteroatoms. The van der Waals surface area contributed by atoms with Crippen molar-refractivity contribution in [3.05, 3.63) is 83.7 Å². The average molecular weight is 306 g/mol. The number of aryl methyl sites for hydroxylation is 1. The van der Waals surface area contributed by atoms with E-state index < -0.39 is 0 Å². The number of para-hydroxylation sites is 1. The minimum atomic E-state index is -0.00615. The van der Waals surface area contributed by atoms with E-state index in [2.05, 4.69) is 5.16 Å². The summed E-state index contributed by atoms with van der Waals surface area (Å²) in [5.74, 6) is 0.704. The molecular formula is C19H18N2O2. The van der Waals surface area contributed by atoms with Crippen LogP contribution in [0.15, 0.2) is 71.3 Å². The van der Waals surface area contributed by atoms with Crippen molar-refractivity contribution in [1.82, 2.24) is 5.16 Å². The summed E-state index contributed by atoms with van der Waals surface area (Å²) in [6.07, 6.45) is 0.221. The van der Waals surface area contributed by atoms with Crippen LogP contribution >= 0.6 is 0 Å². The van der Waals surface area contributed by atoms with Gasteiger partial charge in [-0.15, -0.1) is 0 Å². The van der Waals surface area contributed by atoms with Crippen molar-refractivity contribution in [3.63, 3.8) is 0 Å². The monoisotopic (exact) mass is 306 g/mol. The van der Waals surface area contributed by atoms with Gasteiger partial charge in [-0.05, 0) is 24.6 Å². The number of rotatable bonds is 5. The number of amides is 1. The van der Waals surface area contributed by atoms with Gasteiger partial charge < -0.3 is 9.42 Å².